The molecule has 0 radical (unpaired) electrons. The average molecular weight is 182 g/mol. The Hall–Kier alpha value is -0.570. The lowest BCUT2D eigenvalue weighted by Gasteiger charge is -2.41. The van der Waals surface area contributed by atoms with Crippen LogP contribution in [0.15, 0.2) is 0 Å². The number of hydrogen-bond acceptors (Lipinski definition) is 2. The van der Waals surface area contributed by atoms with Crippen molar-refractivity contribution in [3.8, 4) is 0 Å². The summed E-state index contributed by atoms with van der Waals surface area (Å²) in [5.74, 6) is 0.312. The Morgan fingerprint density at radius 1 is 1.31 bits per heavy atom. The summed E-state index contributed by atoms with van der Waals surface area (Å²) in [5, 5.41) is 3.00. The Morgan fingerprint density at radius 2 is 2.00 bits per heavy atom. The van der Waals surface area contributed by atoms with Gasteiger partial charge in [0.05, 0.1) is 5.41 Å². The summed E-state index contributed by atoms with van der Waals surface area (Å²) in [7, 11) is 2.13. The number of carbonyl (C=O) groups is 1. The Balaban J connectivity index is 2.06. The third-order valence-electron chi connectivity index (χ3n) is 3.54. The molecule has 0 aromatic carbocycles. The van der Waals surface area contributed by atoms with E-state index in [0.29, 0.717) is 5.91 Å². The normalized spacial score (nSPS) is 28.8. The van der Waals surface area contributed by atoms with E-state index >= 15 is 0 Å². The van der Waals surface area contributed by atoms with Crippen molar-refractivity contribution >= 4 is 5.91 Å². The van der Waals surface area contributed by atoms with E-state index < -0.39 is 0 Å². The van der Waals surface area contributed by atoms with Gasteiger partial charge in [-0.2, -0.15) is 0 Å². The van der Waals surface area contributed by atoms with Gasteiger partial charge in [-0.25, -0.2) is 0 Å². The van der Waals surface area contributed by atoms with Gasteiger partial charge in [0.25, 0.3) is 0 Å². The summed E-state index contributed by atoms with van der Waals surface area (Å²) in [6, 6.07) is 0. The van der Waals surface area contributed by atoms with Crippen molar-refractivity contribution in [3.05, 3.63) is 0 Å². The zero-order valence-electron chi connectivity index (χ0n) is 8.31. The van der Waals surface area contributed by atoms with Crippen molar-refractivity contribution in [2.75, 3.05) is 26.7 Å². The number of amides is 1. The molecule has 1 amide bonds. The summed E-state index contributed by atoms with van der Waals surface area (Å²) >= 11 is 0. The molecule has 2 aliphatic heterocycles. The Labute approximate surface area is 79.5 Å². The van der Waals surface area contributed by atoms with Gasteiger partial charge in [0.1, 0.15) is 0 Å². The highest BCUT2D eigenvalue weighted by molar-refractivity contribution is 5.83. The molecule has 2 aliphatic rings. The minimum absolute atomic E-state index is 0.00472. The van der Waals surface area contributed by atoms with Crippen LogP contribution in [0.2, 0.25) is 0 Å². The summed E-state index contributed by atoms with van der Waals surface area (Å²) in [6.45, 7) is 3.04. The van der Waals surface area contributed by atoms with Crippen LogP contribution in [0.1, 0.15) is 25.7 Å². The molecule has 0 bridgehead atoms. The molecule has 0 aromatic heterocycles. The first kappa shape index (κ1) is 9.00. The fourth-order valence-electron chi connectivity index (χ4n) is 2.45. The molecular formula is C10H18N2O. The monoisotopic (exact) mass is 182 g/mol. The number of likely N-dealkylation sites (tertiary alicyclic amines) is 1. The molecule has 1 spiro atoms. The maximum atomic E-state index is 11.7. The summed E-state index contributed by atoms with van der Waals surface area (Å²) in [4.78, 5) is 14.1. The van der Waals surface area contributed by atoms with Crippen molar-refractivity contribution in [3.63, 3.8) is 0 Å². The van der Waals surface area contributed by atoms with E-state index in [1.165, 1.54) is 0 Å². The second-order valence-corrected chi connectivity index (χ2v) is 4.44. The van der Waals surface area contributed by atoms with Gasteiger partial charge in [-0.15, -0.1) is 0 Å². The van der Waals surface area contributed by atoms with Gasteiger partial charge in [0.15, 0.2) is 0 Å². The number of piperidine rings is 2. The molecule has 0 aliphatic carbocycles. The number of nitrogens with zero attached hydrogens (tertiary/aromatic N) is 1. The third-order valence-corrected chi connectivity index (χ3v) is 3.54. The minimum atomic E-state index is 0.00472. The molecule has 13 heavy (non-hydrogen) atoms. The molecule has 2 heterocycles. The van der Waals surface area contributed by atoms with E-state index in [1.807, 2.05) is 0 Å². The highest BCUT2D eigenvalue weighted by atomic mass is 16.2. The van der Waals surface area contributed by atoms with Crippen molar-refractivity contribution < 1.29 is 4.79 Å². The van der Waals surface area contributed by atoms with Gasteiger partial charge in [0.2, 0.25) is 5.91 Å². The minimum Gasteiger partial charge on any atom is -0.356 e. The molecule has 3 nitrogen and oxygen atoms in total. The van der Waals surface area contributed by atoms with Crippen LogP contribution in [0.3, 0.4) is 0 Å². The highest BCUT2D eigenvalue weighted by Crippen LogP contribution is 2.37. The average Bonchev–Trinajstić information content (AvgIpc) is 2.15. The summed E-state index contributed by atoms with van der Waals surface area (Å²) in [6.07, 6.45) is 4.37. The van der Waals surface area contributed by atoms with Crippen LogP contribution in [0.5, 0.6) is 0 Å². The van der Waals surface area contributed by atoms with E-state index in [-0.39, 0.29) is 5.41 Å². The van der Waals surface area contributed by atoms with Crippen LogP contribution in [0.4, 0.5) is 0 Å². The Bertz CT molecular complexity index is 207. The summed E-state index contributed by atoms with van der Waals surface area (Å²) in [5.41, 5.74) is 0.00472. The van der Waals surface area contributed by atoms with E-state index in [1.54, 1.807) is 0 Å². The van der Waals surface area contributed by atoms with E-state index in [9.17, 15) is 4.79 Å². The molecule has 2 fully saturated rings. The number of rotatable bonds is 0. The van der Waals surface area contributed by atoms with Crippen molar-refractivity contribution in [1.82, 2.24) is 10.2 Å². The topological polar surface area (TPSA) is 32.3 Å². The van der Waals surface area contributed by atoms with Crippen LogP contribution in [-0.2, 0) is 4.79 Å². The standard InChI is InChI=1S/C10H18N2O/c1-12-7-4-10(5-8-12)3-2-6-11-9(10)13/h2-8H2,1H3,(H,11,13). The fraction of sp³-hybridized carbons (Fsp3) is 0.900. The number of nitrogens with one attached hydrogen (secondary N) is 1. The van der Waals surface area contributed by atoms with E-state index in [4.69, 9.17) is 0 Å². The van der Waals surface area contributed by atoms with E-state index in [2.05, 4.69) is 17.3 Å². The van der Waals surface area contributed by atoms with Gasteiger partial charge < -0.3 is 10.2 Å². The first-order valence-corrected chi connectivity index (χ1v) is 5.20. The van der Waals surface area contributed by atoms with Crippen LogP contribution in [0.25, 0.3) is 0 Å². The number of hydrogen-bond donors (Lipinski definition) is 1. The largest absolute Gasteiger partial charge is 0.356 e. The fourth-order valence-corrected chi connectivity index (χ4v) is 2.45. The maximum Gasteiger partial charge on any atom is 0.226 e. The summed E-state index contributed by atoms with van der Waals surface area (Å²) < 4.78 is 0. The van der Waals surface area contributed by atoms with Gasteiger partial charge in [-0.3, -0.25) is 4.79 Å². The van der Waals surface area contributed by atoms with Gasteiger partial charge in [-0.05, 0) is 45.8 Å². The second kappa shape index (κ2) is 3.29. The maximum absolute atomic E-state index is 11.7. The predicted octanol–water partition coefficient (Wildman–Crippen LogP) is 0.608. The molecule has 3 heteroatoms. The lowest BCUT2D eigenvalue weighted by molar-refractivity contribution is -0.136. The Morgan fingerprint density at radius 3 is 2.62 bits per heavy atom. The van der Waals surface area contributed by atoms with Gasteiger partial charge in [0, 0.05) is 6.54 Å². The van der Waals surface area contributed by atoms with Crippen molar-refractivity contribution in [2.45, 2.75) is 25.7 Å². The molecule has 0 saturated carbocycles. The molecule has 0 atom stereocenters. The van der Waals surface area contributed by atoms with Crippen LogP contribution >= 0.6 is 0 Å². The van der Waals surface area contributed by atoms with Crippen LogP contribution in [0, 0.1) is 5.41 Å². The lowest BCUT2D eigenvalue weighted by atomic mass is 9.72. The lowest BCUT2D eigenvalue weighted by Crippen LogP contribution is -2.51. The van der Waals surface area contributed by atoms with Crippen LogP contribution in [-0.4, -0.2) is 37.5 Å². The molecule has 2 rings (SSSR count). The zero-order chi connectivity index (χ0) is 9.31. The predicted molar refractivity (Wildman–Crippen MR) is 51.4 cm³/mol. The third kappa shape index (κ3) is 1.57. The zero-order valence-corrected chi connectivity index (χ0v) is 8.31. The van der Waals surface area contributed by atoms with E-state index in [0.717, 1.165) is 45.3 Å². The quantitative estimate of drug-likeness (QED) is 0.595. The van der Waals surface area contributed by atoms with Gasteiger partial charge >= 0.3 is 0 Å². The smallest absolute Gasteiger partial charge is 0.226 e. The molecule has 74 valence electrons. The first-order valence-electron chi connectivity index (χ1n) is 5.20. The highest BCUT2D eigenvalue weighted by Gasteiger charge is 2.41. The van der Waals surface area contributed by atoms with Crippen molar-refractivity contribution in [1.29, 1.82) is 0 Å². The first-order chi connectivity index (χ1) is 6.23. The molecule has 0 aromatic rings. The molecule has 2 saturated heterocycles. The Kier molecular flexibility index (Phi) is 2.28. The second-order valence-electron chi connectivity index (χ2n) is 4.44. The number of carbonyl (C=O) groups excluding carboxylic acids is 1. The SMILES string of the molecule is CN1CCC2(CCCNC2=O)CC1. The molecular weight excluding hydrogens is 164 g/mol. The van der Waals surface area contributed by atoms with Gasteiger partial charge in [-0.1, -0.05) is 0 Å². The molecule has 0 unspecified atom stereocenters. The van der Waals surface area contributed by atoms with Crippen LogP contribution < -0.4 is 5.32 Å². The molecule has 1 N–H and O–H groups in total. The van der Waals surface area contributed by atoms with Crippen molar-refractivity contribution in [2.24, 2.45) is 5.41 Å².